The third-order valence-electron chi connectivity index (χ3n) is 1.75. The SMILES string of the molecule is CC(C)NC(=O)CNc1ccc(Br)cc1. The van der Waals surface area contributed by atoms with Crippen molar-refractivity contribution in [1.82, 2.24) is 5.32 Å². The van der Waals surface area contributed by atoms with Crippen molar-refractivity contribution in [1.29, 1.82) is 0 Å². The van der Waals surface area contributed by atoms with Gasteiger partial charge in [-0.25, -0.2) is 0 Å². The molecular formula is C11H15BrN2O. The number of benzene rings is 1. The van der Waals surface area contributed by atoms with Crippen LogP contribution in [0.15, 0.2) is 28.7 Å². The van der Waals surface area contributed by atoms with Crippen molar-refractivity contribution in [2.45, 2.75) is 19.9 Å². The van der Waals surface area contributed by atoms with Crippen LogP contribution in [0.25, 0.3) is 0 Å². The molecule has 0 aliphatic rings. The second-order valence-electron chi connectivity index (χ2n) is 3.58. The molecule has 0 saturated heterocycles. The van der Waals surface area contributed by atoms with Crippen LogP contribution in [-0.4, -0.2) is 18.5 Å². The molecule has 3 nitrogen and oxygen atoms in total. The van der Waals surface area contributed by atoms with Gasteiger partial charge in [-0.05, 0) is 38.1 Å². The van der Waals surface area contributed by atoms with Crippen LogP contribution in [0, 0.1) is 0 Å². The zero-order valence-corrected chi connectivity index (χ0v) is 10.5. The van der Waals surface area contributed by atoms with Crippen LogP contribution in [0.4, 0.5) is 5.69 Å². The fraction of sp³-hybridized carbons (Fsp3) is 0.364. The first kappa shape index (κ1) is 12.0. The summed E-state index contributed by atoms with van der Waals surface area (Å²) in [6.07, 6.45) is 0. The molecule has 4 heteroatoms. The van der Waals surface area contributed by atoms with Crippen LogP contribution in [0.2, 0.25) is 0 Å². The maximum atomic E-state index is 11.3. The molecular weight excluding hydrogens is 256 g/mol. The number of amides is 1. The van der Waals surface area contributed by atoms with Gasteiger partial charge in [0.2, 0.25) is 5.91 Å². The zero-order valence-electron chi connectivity index (χ0n) is 8.88. The Kier molecular flexibility index (Phi) is 4.62. The Morgan fingerprint density at radius 3 is 2.47 bits per heavy atom. The van der Waals surface area contributed by atoms with Crippen LogP contribution in [0.5, 0.6) is 0 Å². The van der Waals surface area contributed by atoms with Gasteiger partial charge in [0.1, 0.15) is 0 Å². The van der Waals surface area contributed by atoms with Gasteiger partial charge in [-0.3, -0.25) is 4.79 Å². The van der Waals surface area contributed by atoms with Gasteiger partial charge in [-0.15, -0.1) is 0 Å². The molecule has 1 aromatic carbocycles. The molecule has 1 aromatic rings. The van der Waals surface area contributed by atoms with Gasteiger partial charge >= 0.3 is 0 Å². The number of hydrogen-bond donors (Lipinski definition) is 2. The molecule has 1 amide bonds. The number of carbonyl (C=O) groups excluding carboxylic acids is 1. The van der Waals surface area contributed by atoms with Gasteiger partial charge < -0.3 is 10.6 Å². The summed E-state index contributed by atoms with van der Waals surface area (Å²) < 4.78 is 1.03. The van der Waals surface area contributed by atoms with E-state index in [1.165, 1.54) is 0 Å². The molecule has 0 heterocycles. The van der Waals surface area contributed by atoms with E-state index < -0.39 is 0 Å². The molecule has 0 radical (unpaired) electrons. The van der Waals surface area contributed by atoms with Crippen LogP contribution >= 0.6 is 15.9 Å². The van der Waals surface area contributed by atoms with Gasteiger partial charge in [0, 0.05) is 16.2 Å². The van der Waals surface area contributed by atoms with Crippen molar-refractivity contribution in [3.05, 3.63) is 28.7 Å². The lowest BCUT2D eigenvalue weighted by molar-refractivity contribution is -0.119. The van der Waals surface area contributed by atoms with E-state index in [-0.39, 0.29) is 11.9 Å². The van der Waals surface area contributed by atoms with E-state index in [0.29, 0.717) is 6.54 Å². The number of nitrogens with one attached hydrogen (secondary N) is 2. The highest BCUT2D eigenvalue weighted by Gasteiger charge is 2.02. The lowest BCUT2D eigenvalue weighted by Crippen LogP contribution is -2.34. The molecule has 82 valence electrons. The van der Waals surface area contributed by atoms with Gasteiger partial charge in [0.15, 0.2) is 0 Å². The maximum absolute atomic E-state index is 11.3. The summed E-state index contributed by atoms with van der Waals surface area (Å²) in [6, 6.07) is 7.90. The number of anilines is 1. The molecule has 0 aliphatic carbocycles. The minimum atomic E-state index is 0.00733. The molecule has 1 rings (SSSR count). The van der Waals surface area contributed by atoms with Gasteiger partial charge in [-0.1, -0.05) is 15.9 Å². The lowest BCUT2D eigenvalue weighted by atomic mass is 10.3. The number of rotatable bonds is 4. The first-order valence-corrected chi connectivity index (χ1v) is 5.66. The highest BCUT2D eigenvalue weighted by Crippen LogP contribution is 2.13. The molecule has 0 spiro atoms. The van der Waals surface area contributed by atoms with Crippen molar-refractivity contribution in [2.24, 2.45) is 0 Å². The van der Waals surface area contributed by atoms with Crippen LogP contribution in [-0.2, 0) is 4.79 Å². The summed E-state index contributed by atoms with van der Waals surface area (Å²) in [4.78, 5) is 11.3. The van der Waals surface area contributed by atoms with E-state index >= 15 is 0 Å². The van der Waals surface area contributed by atoms with Crippen LogP contribution in [0.3, 0.4) is 0 Å². The Bertz CT molecular complexity index is 322. The summed E-state index contributed by atoms with van der Waals surface area (Å²) in [5.74, 6) is 0.00733. The second kappa shape index (κ2) is 5.75. The summed E-state index contributed by atoms with van der Waals surface area (Å²) in [5.41, 5.74) is 0.942. The molecule has 2 N–H and O–H groups in total. The quantitative estimate of drug-likeness (QED) is 0.882. The second-order valence-corrected chi connectivity index (χ2v) is 4.50. The zero-order chi connectivity index (χ0) is 11.3. The average molecular weight is 271 g/mol. The van der Waals surface area contributed by atoms with Crippen molar-refractivity contribution >= 4 is 27.5 Å². The predicted octanol–water partition coefficient (Wildman–Crippen LogP) is 2.39. The Morgan fingerprint density at radius 2 is 1.93 bits per heavy atom. The summed E-state index contributed by atoms with van der Waals surface area (Å²) in [7, 11) is 0. The van der Waals surface area contributed by atoms with Gasteiger partial charge in [-0.2, -0.15) is 0 Å². The van der Waals surface area contributed by atoms with Gasteiger partial charge in [0.05, 0.1) is 6.54 Å². The summed E-state index contributed by atoms with van der Waals surface area (Å²) >= 11 is 3.35. The Labute approximate surface area is 98.4 Å². The third-order valence-corrected chi connectivity index (χ3v) is 2.28. The largest absolute Gasteiger partial charge is 0.376 e. The molecule has 0 fully saturated rings. The van der Waals surface area contributed by atoms with E-state index in [1.807, 2.05) is 38.1 Å². The molecule has 0 bridgehead atoms. The van der Waals surface area contributed by atoms with E-state index in [0.717, 1.165) is 10.2 Å². The third kappa shape index (κ3) is 4.83. The van der Waals surface area contributed by atoms with E-state index in [4.69, 9.17) is 0 Å². The lowest BCUT2D eigenvalue weighted by Gasteiger charge is -2.09. The maximum Gasteiger partial charge on any atom is 0.239 e. The standard InChI is InChI=1S/C11H15BrN2O/c1-8(2)14-11(15)7-13-10-5-3-9(12)4-6-10/h3-6,8,13H,7H2,1-2H3,(H,14,15). The molecule has 0 saturated carbocycles. The Balaban J connectivity index is 2.37. The van der Waals surface area contributed by atoms with E-state index in [1.54, 1.807) is 0 Å². The first-order chi connectivity index (χ1) is 7.08. The fourth-order valence-corrected chi connectivity index (χ4v) is 1.39. The summed E-state index contributed by atoms with van der Waals surface area (Å²) in [6.45, 7) is 4.19. The fourth-order valence-electron chi connectivity index (χ4n) is 1.12. The highest BCUT2D eigenvalue weighted by atomic mass is 79.9. The normalized spacial score (nSPS) is 10.1. The smallest absolute Gasteiger partial charge is 0.239 e. The highest BCUT2D eigenvalue weighted by molar-refractivity contribution is 9.10. The Hall–Kier alpha value is -1.03. The van der Waals surface area contributed by atoms with Gasteiger partial charge in [0.25, 0.3) is 0 Å². The monoisotopic (exact) mass is 270 g/mol. The topological polar surface area (TPSA) is 41.1 Å². The number of halogens is 1. The molecule has 0 unspecified atom stereocenters. The first-order valence-electron chi connectivity index (χ1n) is 4.86. The van der Waals surface area contributed by atoms with Crippen molar-refractivity contribution < 1.29 is 4.79 Å². The minimum Gasteiger partial charge on any atom is -0.376 e. The van der Waals surface area contributed by atoms with E-state index in [2.05, 4.69) is 26.6 Å². The minimum absolute atomic E-state index is 0.00733. The number of carbonyl (C=O) groups is 1. The summed E-state index contributed by atoms with van der Waals surface area (Å²) in [5, 5.41) is 5.86. The van der Waals surface area contributed by atoms with Crippen molar-refractivity contribution in [3.63, 3.8) is 0 Å². The molecule has 0 aromatic heterocycles. The van der Waals surface area contributed by atoms with Crippen LogP contribution < -0.4 is 10.6 Å². The molecule has 0 aliphatic heterocycles. The predicted molar refractivity (Wildman–Crippen MR) is 65.9 cm³/mol. The van der Waals surface area contributed by atoms with Crippen molar-refractivity contribution in [3.8, 4) is 0 Å². The van der Waals surface area contributed by atoms with Crippen LogP contribution in [0.1, 0.15) is 13.8 Å². The molecule has 0 atom stereocenters. The average Bonchev–Trinajstić information content (AvgIpc) is 2.16. The Morgan fingerprint density at radius 1 is 1.33 bits per heavy atom. The van der Waals surface area contributed by atoms with E-state index in [9.17, 15) is 4.79 Å². The number of hydrogen-bond acceptors (Lipinski definition) is 2. The molecule has 15 heavy (non-hydrogen) atoms. The van der Waals surface area contributed by atoms with Crippen molar-refractivity contribution in [2.75, 3.05) is 11.9 Å².